The lowest BCUT2D eigenvalue weighted by atomic mass is 10.2. The average molecular weight is 334 g/mol. The van der Waals surface area contributed by atoms with Crippen LogP contribution in [0.4, 0.5) is 21.6 Å². The number of rotatable bonds is 3. The van der Waals surface area contributed by atoms with E-state index in [1.165, 1.54) is 36.2 Å². The van der Waals surface area contributed by atoms with E-state index in [1.807, 2.05) is 18.2 Å². The second-order valence-corrected chi connectivity index (χ2v) is 5.75. The van der Waals surface area contributed by atoms with Crippen LogP contribution in [0.2, 0.25) is 0 Å². The van der Waals surface area contributed by atoms with Crippen LogP contribution in [-0.2, 0) is 6.42 Å². The first-order valence-electron chi connectivity index (χ1n) is 7.95. The maximum absolute atomic E-state index is 13.0. The van der Waals surface area contributed by atoms with E-state index in [0.29, 0.717) is 11.5 Å². The summed E-state index contributed by atoms with van der Waals surface area (Å²) in [4.78, 5) is 22.8. The molecule has 0 spiro atoms. The van der Waals surface area contributed by atoms with Gasteiger partial charge in [-0.15, -0.1) is 0 Å². The van der Waals surface area contributed by atoms with E-state index >= 15 is 0 Å². The second kappa shape index (κ2) is 6.32. The average Bonchev–Trinajstić information content (AvgIpc) is 3.08. The third-order valence-corrected chi connectivity index (χ3v) is 4.15. The van der Waals surface area contributed by atoms with Crippen molar-refractivity contribution in [3.63, 3.8) is 0 Å². The molecule has 1 aliphatic heterocycles. The summed E-state index contributed by atoms with van der Waals surface area (Å²) in [6.07, 6.45) is 2.33. The molecule has 0 radical (unpaired) electrons. The zero-order valence-electron chi connectivity index (χ0n) is 13.3. The number of carbonyl (C=O) groups excluding carboxylic acids is 1. The smallest absolute Gasteiger partial charge is 0.274 e. The van der Waals surface area contributed by atoms with E-state index in [2.05, 4.69) is 26.3 Å². The zero-order chi connectivity index (χ0) is 17.2. The molecule has 0 atom stereocenters. The third kappa shape index (κ3) is 3.06. The molecule has 4 rings (SSSR count). The van der Waals surface area contributed by atoms with Gasteiger partial charge >= 0.3 is 0 Å². The van der Waals surface area contributed by atoms with Crippen molar-refractivity contribution in [2.45, 2.75) is 6.42 Å². The number of para-hydroxylation sites is 1. The van der Waals surface area contributed by atoms with Crippen LogP contribution in [0.25, 0.3) is 0 Å². The number of nitrogens with one attached hydrogen (secondary N) is 1. The van der Waals surface area contributed by atoms with Gasteiger partial charge in [0, 0.05) is 24.0 Å². The Morgan fingerprint density at radius 1 is 1.08 bits per heavy atom. The number of amides is 1. The van der Waals surface area contributed by atoms with Gasteiger partial charge in [0.25, 0.3) is 5.91 Å². The quantitative estimate of drug-likeness (QED) is 0.796. The minimum absolute atomic E-state index is 0.263. The van der Waals surface area contributed by atoms with E-state index in [-0.39, 0.29) is 17.4 Å². The van der Waals surface area contributed by atoms with Crippen LogP contribution in [0.15, 0.2) is 60.9 Å². The van der Waals surface area contributed by atoms with Crippen LogP contribution in [0.3, 0.4) is 0 Å². The molecule has 0 saturated carbocycles. The Bertz CT molecular complexity index is 927. The fourth-order valence-electron chi connectivity index (χ4n) is 2.92. The molecule has 5 nitrogen and oxygen atoms in total. The number of benzene rings is 2. The van der Waals surface area contributed by atoms with Gasteiger partial charge in [0.1, 0.15) is 23.7 Å². The van der Waals surface area contributed by atoms with Crippen LogP contribution in [0.1, 0.15) is 16.1 Å². The topological polar surface area (TPSA) is 58.1 Å². The Hall–Kier alpha value is -3.28. The van der Waals surface area contributed by atoms with E-state index in [4.69, 9.17) is 0 Å². The van der Waals surface area contributed by atoms with Crippen molar-refractivity contribution in [3.05, 3.63) is 78.0 Å². The molecule has 0 fully saturated rings. The van der Waals surface area contributed by atoms with Gasteiger partial charge in [0.05, 0.1) is 0 Å². The molecule has 3 aromatic rings. The Morgan fingerprint density at radius 2 is 1.88 bits per heavy atom. The molecule has 1 N–H and O–H groups in total. The van der Waals surface area contributed by atoms with Gasteiger partial charge < -0.3 is 10.2 Å². The standard InChI is InChI=1S/C19H15FN4O/c20-14-5-7-15(8-6-14)23-19(25)16-11-18(22-12-21-16)24-10-9-13-3-1-2-4-17(13)24/h1-8,11-12H,9-10H2,(H,23,25). The highest BCUT2D eigenvalue weighted by atomic mass is 19.1. The fraction of sp³-hybridized carbons (Fsp3) is 0.105. The number of nitrogens with zero attached hydrogens (tertiary/aromatic N) is 3. The summed E-state index contributed by atoms with van der Waals surface area (Å²) in [5.74, 6) is -0.0260. The SMILES string of the molecule is O=C(Nc1ccc(F)cc1)c1cc(N2CCc3ccccc32)ncn1. The van der Waals surface area contributed by atoms with Gasteiger partial charge in [-0.25, -0.2) is 14.4 Å². The summed E-state index contributed by atoms with van der Waals surface area (Å²) in [6, 6.07) is 15.4. The van der Waals surface area contributed by atoms with Gasteiger partial charge in [-0.05, 0) is 42.3 Å². The molecule has 0 bridgehead atoms. The molecule has 124 valence electrons. The summed E-state index contributed by atoms with van der Waals surface area (Å²) in [5, 5.41) is 2.71. The van der Waals surface area contributed by atoms with Crippen LogP contribution in [0, 0.1) is 5.82 Å². The van der Waals surface area contributed by atoms with Gasteiger partial charge in [-0.1, -0.05) is 18.2 Å². The van der Waals surface area contributed by atoms with Crippen molar-refractivity contribution < 1.29 is 9.18 Å². The number of carbonyl (C=O) groups is 1. The highest BCUT2D eigenvalue weighted by molar-refractivity contribution is 6.03. The number of aromatic nitrogens is 2. The lowest BCUT2D eigenvalue weighted by Gasteiger charge is -2.18. The van der Waals surface area contributed by atoms with Crippen LogP contribution in [0.5, 0.6) is 0 Å². The maximum atomic E-state index is 13.0. The molecule has 1 aromatic heterocycles. The molecule has 0 saturated heterocycles. The molecular weight excluding hydrogens is 319 g/mol. The fourth-order valence-corrected chi connectivity index (χ4v) is 2.92. The van der Waals surface area contributed by atoms with Crippen molar-refractivity contribution >= 4 is 23.1 Å². The van der Waals surface area contributed by atoms with Crippen LogP contribution in [-0.4, -0.2) is 22.4 Å². The minimum atomic E-state index is -0.359. The number of anilines is 3. The molecule has 1 amide bonds. The Kier molecular flexibility index (Phi) is 3.85. The monoisotopic (exact) mass is 334 g/mol. The molecule has 2 heterocycles. The Labute approximate surface area is 144 Å². The third-order valence-electron chi connectivity index (χ3n) is 4.15. The number of hydrogen-bond acceptors (Lipinski definition) is 4. The van der Waals surface area contributed by atoms with Crippen molar-refractivity contribution in [3.8, 4) is 0 Å². The first-order valence-corrected chi connectivity index (χ1v) is 7.95. The van der Waals surface area contributed by atoms with E-state index in [1.54, 1.807) is 6.07 Å². The number of fused-ring (bicyclic) bond motifs is 1. The normalized spacial score (nSPS) is 12.8. The van der Waals surface area contributed by atoms with E-state index in [0.717, 1.165) is 18.7 Å². The minimum Gasteiger partial charge on any atom is -0.326 e. The molecule has 25 heavy (non-hydrogen) atoms. The summed E-state index contributed by atoms with van der Waals surface area (Å²) >= 11 is 0. The molecule has 1 aliphatic rings. The van der Waals surface area contributed by atoms with E-state index in [9.17, 15) is 9.18 Å². The summed E-state index contributed by atoms with van der Waals surface area (Å²) in [5.41, 5.74) is 3.14. The number of halogens is 1. The second-order valence-electron chi connectivity index (χ2n) is 5.75. The van der Waals surface area contributed by atoms with Crippen molar-refractivity contribution in [1.29, 1.82) is 0 Å². The van der Waals surface area contributed by atoms with Gasteiger partial charge in [0.15, 0.2) is 0 Å². The lowest BCUT2D eigenvalue weighted by molar-refractivity contribution is 0.102. The van der Waals surface area contributed by atoms with Crippen LogP contribution >= 0.6 is 0 Å². The van der Waals surface area contributed by atoms with Gasteiger partial charge in [-0.3, -0.25) is 4.79 Å². The van der Waals surface area contributed by atoms with Crippen molar-refractivity contribution in [2.24, 2.45) is 0 Å². The zero-order valence-corrected chi connectivity index (χ0v) is 13.3. The molecule has 6 heteroatoms. The van der Waals surface area contributed by atoms with Gasteiger partial charge in [-0.2, -0.15) is 0 Å². The van der Waals surface area contributed by atoms with E-state index < -0.39 is 0 Å². The lowest BCUT2D eigenvalue weighted by Crippen LogP contribution is -2.18. The van der Waals surface area contributed by atoms with Crippen molar-refractivity contribution in [1.82, 2.24) is 9.97 Å². The van der Waals surface area contributed by atoms with Gasteiger partial charge in [0.2, 0.25) is 0 Å². The summed E-state index contributed by atoms with van der Waals surface area (Å²) in [7, 11) is 0. The highest BCUT2D eigenvalue weighted by Gasteiger charge is 2.21. The maximum Gasteiger partial charge on any atom is 0.274 e. The predicted molar refractivity (Wildman–Crippen MR) is 93.5 cm³/mol. The Morgan fingerprint density at radius 3 is 2.72 bits per heavy atom. The first kappa shape index (κ1) is 15.3. The molecule has 2 aromatic carbocycles. The van der Waals surface area contributed by atoms with Crippen LogP contribution < -0.4 is 10.2 Å². The largest absolute Gasteiger partial charge is 0.326 e. The summed E-state index contributed by atoms with van der Waals surface area (Å²) < 4.78 is 13.0. The first-order chi connectivity index (χ1) is 12.2. The molecule has 0 unspecified atom stereocenters. The predicted octanol–water partition coefficient (Wildman–Crippen LogP) is 3.56. The summed E-state index contributed by atoms with van der Waals surface area (Å²) in [6.45, 7) is 0.815. The van der Waals surface area contributed by atoms with Crippen molar-refractivity contribution in [2.75, 3.05) is 16.8 Å². The Balaban J connectivity index is 1.57. The number of hydrogen-bond donors (Lipinski definition) is 1. The molecule has 0 aliphatic carbocycles. The molecular formula is C19H15FN4O. The highest BCUT2D eigenvalue weighted by Crippen LogP contribution is 2.33.